The minimum Gasteiger partial charge on any atom is -0.469 e. The second-order valence-corrected chi connectivity index (χ2v) is 11.2. The van der Waals surface area contributed by atoms with Crippen LogP contribution in [0.25, 0.3) is 5.57 Å². The van der Waals surface area contributed by atoms with E-state index in [0.717, 1.165) is 28.0 Å². The van der Waals surface area contributed by atoms with Crippen molar-refractivity contribution in [1.82, 2.24) is 15.2 Å². The molecule has 41 heavy (non-hydrogen) atoms. The third-order valence-electron chi connectivity index (χ3n) is 7.09. The highest BCUT2D eigenvalue weighted by Crippen LogP contribution is 2.44. The first-order chi connectivity index (χ1) is 20.1. The molecule has 6 nitrogen and oxygen atoms in total. The molecule has 3 heterocycles. The molecule has 0 bridgehead atoms. The second-order valence-electron chi connectivity index (χ2n) is 9.77. The van der Waals surface area contributed by atoms with Gasteiger partial charge in [0.2, 0.25) is 11.0 Å². The summed E-state index contributed by atoms with van der Waals surface area (Å²) in [5.74, 6) is 0.160. The van der Waals surface area contributed by atoms with Crippen LogP contribution in [-0.2, 0) is 20.7 Å². The molecule has 1 saturated heterocycles. The molecule has 1 aromatic heterocycles. The van der Waals surface area contributed by atoms with Crippen LogP contribution in [0.5, 0.6) is 0 Å². The largest absolute Gasteiger partial charge is 0.469 e. The fourth-order valence-electron chi connectivity index (χ4n) is 5.10. The van der Waals surface area contributed by atoms with E-state index in [-0.39, 0.29) is 28.7 Å². The number of thioether (sulfide) groups is 1. The molecular weight excluding hydrogens is 551 g/mol. The normalized spacial score (nSPS) is 18.0. The molecule has 2 amide bonds. The van der Waals surface area contributed by atoms with E-state index in [2.05, 4.69) is 10.3 Å². The van der Waals surface area contributed by atoms with E-state index in [4.69, 9.17) is 17.0 Å². The number of amides is 2. The van der Waals surface area contributed by atoms with E-state index in [0.29, 0.717) is 11.4 Å². The van der Waals surface area contributed by atoms with Crippen molar-refractivity contribution in [3.63, 3.8) is 0 Å². The van der Waals surface area contributed by atoms with Crippen LogP contribution in [0.4, 0.5) is 0 Å². The number of hydrogen-bond acceptors (Lipinski definition) is 6. The first-order valence-corrected chi connectivity index (χ1v) is 14.8. The molecule has 8 heteroatoms. The number of carbonyl (C=O) groups is 2. The predicted octanol–water partition coefficient (Wildman–Crippen LogP) is 5.57. The Hall–Kier alpha value is -4.27. The molecule has 2 aliphatic heterocycles. The van der Waals surface area contributed by atoms with Gasteiger partial charge in [-0.2, -0.15) is 0 Å². The van der Waals surface area contributed by atoms with Gasteiger partial charge in [-0.3, -0.25) is 19.5 Å². The van der Waals surface area contributed by atoms with E-state index >= 15 is 0 Å². The van der Waals surface area contributed by atoms with Crippen LogP contribution >= 0.6 is 24.0 Å². The van der Waals surface area contributed by atoms with E-state index in [9.17, 15) is 9.59 Å². The minimum absolute atomic E-state index is 0.192. The standard InChI is InChI=1S/C33H27N3O3S2/c37-27(20-22-12-4-1-5-13-22)35-28-31(38)36-29(25(21-41-32(28)36)26-18-10-11-19-34-26)33(40)39-30(23-14-6-2-7-15-23)24-16-8-3-9-17-24/h1-19,28,30,32H,20-21H2,(H,35,37)/t28-,32-/m1/s1. The molecule has 0 aliphatic carbocycles. The van der Waals surface area contributed by atoms with Crippen LogP contribution in [0.15, 0.2) is 121 Å². The lowest BCUT2D eigenvalue weighted by Gasteiger charge is -2.50. The maximum Gasteiger partial charge on any atom is 0.253 e. The van der Waals surface area contributed by atoms with Crippen molar-refractivity contribution in [1.29, 1.82) is 0 Å². The molecule has 1 N–H and O–H groups in total. The first kappa shape index (κ1) is 26.9. The highest BCUT2D eigenvalue weighted by Gasteiger charge is 2.54. The van der Waals surface area contributed by atoms with Crippen LogP contribution < -0.4 is 5.32 Å². The van der Waals surface area contributed by atoms with Crippen LogP contribution in [0, 0.1) is 0 Å². The van der Waals surface area contributed by atoms with Gasteiger partial charge < -0.3 is 10.1 Å². The van der Waals surface area contributed by atoms with Crippen molar-refractivity contribution in [3.8, 4) is 0 Å². The van der Waals surface area contributed by atoms with Gasteiger partial charge in [-0.1, -0.05) is 97.1 Å². The smallest absolute Gasteiger partial charge is 0.253 e. The van der Waals surface area contributed by atoms with Crippen LogP contribution in [0.2, 0.25) is 0 Å². The summed E-state index contributed by atoms with van der Waals surface area (Å²) >= 11 is 7.55. The Morgan fingerprint density at radius 2 is 1.54 bits per heavy atom. The fourth-order valence-corrected chi connectivity index (χ4v) is 6.77. The number of nitrogens with one attached hydrogen (secondary N) is 1. The third-order valence-corrected chi connectivity index (χ3v) is 8.66. The summed E-state index contributed by atoms with van der Waals surface area (Å²) in [6.45, 7) is 0. The number of nitrogens with zero attached hydrogens (tertiary/aromatic N) is 2. The summed E-state index contributed by atoms with van der Waals surface area (Å²) in [4.78, 5) is 32.7. The quantitative estimate of drug-likeness (QED) is 0.218. The number of rotatable bonds is 8. The number of thiocarbonyl (C=S) groups is 1. The van der Waals surface area contributed by atoms with Crippen molar-refractivity contribution in [3.05, 3.63) is 143 Å². The molecule has 0 spiro atoms. The average molecular weight is 578 g/mol. The summed E-state index contributed by atoms with van der Waals surface area (Å²) in [5, 5.41) is 2.87. The number of hydrogen-bond donors (Lipinski definition) is 1. The van der Waals surface area contributed by atoms with Crippen molar-refractivity contribution >= 4 is 46.4 Å². The molecule has 2 atom stereocenters. The number of fused-ring (bicyclic) bond motifs is 1. The van der Waals surface area contributed by atoms with Gasteiger partial charge in [-0.25, -0.2) is 0 Å². The Balaban J connectivity index is 1.30. The number of β-lactam (4-membered cyclic amide) rings is 1. The molecule has 3 aromatic carbocycles. The summed E-state index contributed by atoms with van der Waals surface area (Å²) in [5.41, 5.74) is 4.90. The lowest BCUT2D eigenvalue weighted by molar-refractivity contribution is -0.145. The van der Waals surface area contributed by atoms with Gasteiger partial charge in [0.05, 0.1) is 12.1 Å². The summed E-state index contributed by atoms with van der Waals surface area (Å²) in [6, 6.07) is 34.3. The number of ether oxygens (including phenoxy) is 1. The average Bonchev–Trinajstić information content (AvgIpc) is 3.03. The second kappa shape index (κ2) is 12.1. The Morgan fingerprint density at radius 1 is 0.927 bits per heavy atom. The number of aromatic nitrogens is 1. The number of carbonyl (C=O) groups excluding carboxylic acids is 2. The molecular formula is C33H27N3O3S2. The molecule has 4 aromatic rings. The van der Waals surface area contributed by atoms with Crippen molar-refractivity contribution in [2.24, 2.45) is 0 Å². The Kier molecular flexibility index (Phi) is 7.93. The zero-order valence-corrected chi connectivity index (χ0v) is 23.7. The summed E-state index contributed by atoms with van der Waals surface area (Å²) < 4.78 is 6.57. The Labute approximate surface area is 248 Å². The van der Waals surface area contributed by atoms with Crippen molar-refractivity contribution in [2.45, 2.75) is 23.9 Å². The maximum absolute atomic E-state index is 13.6. The summed E-state index contributed by atoms with van der Waals surface area (Å²) in [7, 11) is 0. The lowest BCUT2D eigenvalue weighted by atomic mass is 10.00. The van der Waals surface area contributed by atoms with Gasteiger partial charge in [0.1, 0.15) is 23.2 Å². The van der Waals surface area contributed by atoms with E-state index in [1.54, 1.807) is 22.9 Å². The van der Waals surface area contributed by atoms with Gasteiger partial charge in [0, 0.05) is 17.5 Å². The van der Waals surface area contributed by atoms with Gasteiger partial charge >= 0.3 is 0 Å². The Bertz CT molecular complexity index is 1540. The molecule has 0 radical (unpaired) electrons. The highest BCUT2D eigenvalue weighted by atomic mass is 32.2. The monoisotopic (exact) mass is 577 g/mol. The number of benzene rings is 3. The van der Waals surface area contributed by atoms with Crippen molar-refractivity contribution in [2.75, 3.05) is 5.75 Å². The zero-order chi connectivity index (χ0) is 28.2. The predicted molar refractivity (Wildman–Crippen MR) is 165 cm³/mol. The van der Waals surface area contributed by atoms with Crippen LogP contribution in [0.3, 0.4) is 0 Å². The van der Waals surface area contributed by atoms with Gasteiger partial charge in [0.25, 0.3) is 5.91 Å². The van der Waals surface area contributed by atoms with E-state index < -0.39 is 12.1 Å². The zero-order valence-electron chi connectivity index (χ0n) is 22.1. The molecule has 1 fully saturated rings. The van der Waals surface area contributed by atoms with E-state index in [1.807, 2.05) is 109 Å². The van der Waals surface area contributed by atoms with Crippen LogP contribution in [-0.4, -0.2) is 43.9 Å². The fraction of sp³-hybridized carbons (Fsp3) is 0.152. The van der Waals surface area contributed by atoms with Gasteiger partial charge in [0.15, 0.2) is 0 Å². The highest BCUT2D eigenvalue weighted by molar-refractivity contribution is 8.00. The van der Waals surface area contributed by atoms with Gasteiger partial charge in [-0.15, -0.1) is 11.8 Å². The molecule has 0 unspecified atom stereocenters. The van der Waals surface area contributed by atoms with Gasteiger partial charge in [-0.05, 0) is 41.0 Å². The minimum atomic E-state index is -0.640. The van der Waals surface area contributed by atoms with E-state index in [1.165, 1.54) is 0 Å². The molecule has 2 aliphatic rings. The third kappa shape index (κ3) is 5.66. The topological polar surface area (TPSA) is 71.5 Å². The number of pyridine rings is 1. The SMILES string of the molecule is O=C(Cc1ccccc1)N[C@@H]1C(=O)N2C(C(=S)OC(c3ccccc3)c3ccccc3)=C(c3ccccn3)CS[C@H]12. The first-order valence-electron chi connectivity index (χ1n) is 13.3. The maximum atomic E-state index is 13.6. The molecule has 6 rings (SSSR count). The molecule has 0 saturated carbocycles. The molecule has 204 valence electrons. The summed E-state index contributed by atoms with van der Waals surface area (Å²) in [6.07, 6.45) is 1.47. The Morgan fingerprint density at radius 3 is 2.15 bits per heavy atom. The van der Waals surface area contributed by atoms with Crippen LogP contribution in [0.1, 0.15) is 28.5 Å². The lowest BCUT2D eigenvalue weighted by Crippen LogP contribution is -2.70. The van der Waals surface area contributed by atoms with Crippen molar-refractivity contribution < 1.29 is 14.3 Å².